The summed E-state index contributed by atoms with van der Waals surface area (Å²) in [6.45, 7) is 4.03. The summed E-state index contributed by atoms with van der Waals surface area (Å²) in [6.07, 6.45) is 1.71. The van der Waals surface area contributed by atoms with Gasteiger partial charge in [0.05, 0.1) is 12.4 Å². The first kappa shape index (κ1) is 9.21. The molecule has 14 heavy (non-hydrogen) atoms. The molecule has 1 atom stereocenters. The van der Waals surface area contributed by atoms with Crippen molar-refractivity contribution in [2.75, 3.05) is 5.32 Å². The van der Waals surface area contributed by atoms with Gasteiger partial charge in [0.25, 0.3) is 0 Å². The first-order valence-electron chi connectivity index (χ1n) is 4.80. The smallest absolute Gasteiger partial charge is 0.178 e. The van der Waals surface area contributed by atoms with E-state index in [0.29, 0.717) is 0 Å². The first-order valence-corrected chi connectivity index (χ1v) is 4.80. The summed E-state index contributed by atoms with van der Waals surface area (Å²) in [5, 5.41) is 3.09. The number of nitrogens with one attached hydrogen (secondary N) is 1. The highest BCUT2D eigenvalue weighted by molar-refractivity contribution is 5.80. The van der Waals surface area contributed by atoms with Crippen LogP contribution >= 0.6 is 0 Å². The van der Waals surface area contributed by atoms with Gasteiger partial charge in [0.1, 0.15) is 0 Å². The van der Waals surface area contributed by atoms with Gasteiger partial charge in [-0.15, -0.1) is 0 Å². The average Bonchev–Trinajstić information content (AvgIpc) is 2.18. The molecule has 0 radical (unpaired) electrons. The van der Waals surface area contributed by atoms with Crippen molar-refractivity contribution in [1.29, 1.82) is 0 Å². The highest BCUT2D eigenvalue weighted by Gasteiger charge is 2.17. The Labute approximate surface area is 83.8 Å². The van der Waals surface area contributed by atoms with E-state index in [4.69, 9.17) is 4.74 Å². The van der Waals surface area contributed by atoms with Crippen LogP contribution in [0.1, 0.15) is 25.6 Å². The van der Waals surface area contributed by atoms with E-state index < -0.39 is 0 Å². The summed E-state index contributed by atoms with van der Waals surface area (Å²) >= 11 is 0. The molecular weight excluding hydrogens is 176 g/mol. The minimum absolute atomic E-state index is 0.160. The number of anilines is 1. The molecule has 1 aromatic rings. The number of ether oxygens (including phenoxy) is 1. The Hall–Kier alpha value is -1.35. The summed E-state index contributed by atoms with van der Waals surface area (Å²) in [5.74, 6) is 0. The molecule has 1 N–H and O–H groups in total. The number of nitrogens with zero attached hydrogens (tertiary/aromatic N) is 1. The Balaban J connectivity index is 2.26. The second kappa shape index (κ2) is 3.80. The Kier molecular flexibility index (Phi) is 2.50. The normalized spacial score (nSPS) is 19.2. The van der Waals surface area contributed by atoms with Crippen LogP contribution in [0.2, 0.25) is 0 Å². The van der Waals surface area contributed by atoms with Crippen LogP contribution in [0.3, 0.4) is 0 Å². The van der Waals surface area contributed by atoms with Gasteiger partial charge in [-0.25, -0.2) is 4.99 Å². The molecule has 74 valence electrons. The second-order valence-electron chi connectivity index (χ2n) is 3.55. The molecule has 1 heterocycles. The minimum Gasteiger partial charge on any atom is -0.349 e. The molecule has 1 aliphatic rings. The number of hydrogen-bond donors (Lipinski definition) is 1. The van der Waals surface area contributed by atoms with Gasteiger partial charge in [-0.3, -0.25) is 0 Å². The first-order chi connectivity index (χ1) is 6.77. The van der Waals surface area contributed by atoms with Gasteiger partial charge in [0, 0.05) is 11.3 Å². The van der Waals surface area contributed by atoms with Crippen LogP contribution < -0.4 is 5.32 Å². The molecule has 3 nitrogen and oxygen atoms in total. The van der Waals surface area contributed by atoms with Crippen LogP contribution in [-0.2, 0) is 4.74 Å². The maximum Gasteiger partial charge on any atom is 0.178 e. The number of fused-ring (bicyclic) bond motifs is 1. The third kappa shape index (κ3) is 1.77. The van der Waals surface area contributed by atoms with E-state index in [1.54, 1.807) is 6.34 Å². The molecule has 0 saturated heterocycles. The summed E-state index contributed by atoms with van der Waals surface area (Å²) < 4.78 is 5.68. The molecule has 0 spiro atoms. The van der Waals surface area contributed by atoms with Crippen molar-refractivity contribution in [1.82, 2.24) is 0 Å². The fraction of sp³-hybridized carbons (Fsp3) is 0.364. The third-order valence-corrected chi connectivity index (χ3v) is 2.06. The Bertz CT molecular complexity index is 347. The van der Waals surface area contributed by atoms with Crippen LogP contribution in [0.5, 0.6) is 0 Å². The lowest BCUT2D eigenvalue weighted by Crippen LogP contribution is -2.15. The van der Waals surface area contributed by atoms with Crippen LogP contribution in [-0.4, -0.2) is 12.4 Å². The minimum atomic E-state index is -0.160. The summed E-state index contributed by atoms with van der Waals surface area (Å²) in [4.78, 5) is 4.25. The zero-order valence-corrected chi connectivity index (χ0v) is 8.40. The largest absolute Gasteiger partial charge is 0.349 e. The molecular formula is C11H14N2O. The van der Waals surface area contributed by atoms with Crippen molar-refractivity contribution >= 4 is 12.0 Å². The van der Waals surface area contributed by atoms with Gasteiger partial charge < -0.3 is 10.1 Å². The Morgan fingerprint density at radius 3 is 2.93 bits per heavy atom. The van der Waals surface area contributed by atoms with Crippen LogP contribution in [0.15, 0.2) is 29.3 Å². The summed E-state index contributed by atoms with van der Waals surface area (Å²) in [5.41, 5.74) is 2.18. The van der Waals surface area contributed by atoms with E-state index in [-0.39, 0.29) is 12.3 Å². The lowest BCUT2D eigenvalue weighted by atomic mass is 10.1. The maximum atomic E-state index is 5.68. The van der Waals surface area contributed by atoms with E-state index in [1.165, 1.54) is 0 Å². The van der Waals surface area contributed by atoms with Gasteiger partial charge in [0.15, 0.2) is 6.23 Å². The van der Waals surface area contributed by atoms with E-state index in [0.717, 1.165) is 11.3 Å². The fourth-order valence-corrected chi connectivity index (χ4v) is 1.46. The van der Waals surface area contributed by atoms with Crippen LogP contribution in [0.4, 0.5) is 5.69 Å². The highest BCUT2D eigenvalue weighted by atomic mass is 16.5. The molecule has 1 unspecified atom stereocenters. The van der Waals surface area contributed by atoms with Crippen molar-refractivity contribution in [3.8, 4) is 0 Å². The number of hydrogen-bond acceptors (Lipinski definition) is 3. The molecule has 1 aliphatic heterocycles. The lowest BCUT2D eigenvalue weighted by Gasteiger charge is -2.22. The zero-order valence-electron chi connectivity index (χ0n) is 8.40. The van der Waals surface area contributed by atoms with Crippen molar-refractivity contribution < 1.29 is 4.74 Å². The van der Waals surface area contributed by atoms with Crippen LogP contribution in [0.25, 0.3) is 0 Å². The second-order valence-corrected chi connectivity index (χ2v) is 3.55. The number of rotatable bonds is 2. The predicted octanol–water partition coefficient (Wildman–Crippen LogP) is 2.56. The third-order valence-electron chi connectivity index (χ3n) is 2.06. The number of para-hydroxylation sites is 1. The Morgan fingerprint density at radius 2 is 2.14 bits per heavy atom. The van der Waals surface area contributed by atoms with E-state index in [1.807, 2.05) is 38.1 Å². The topological polar surface area (TPSA) is 33.6 Å². The zero-order chi connectivity index (χ0) is 9.97. The molecule has 0 amide bonds. The molecule has 0 aromatic heterocycles. The monoisotopic (exact) mass is 190 g/mol. The molecule has 1 aromatic carbocycles. The number of benzene rings is 1. The van der Waals surface area contributed by atoms with Crippen molar-refractivity contribution in [2.24, 2.45) is 4.99 Å². The Morgan fingerprint density at radius 1 is 1.36 bits per heavy atom. The maximum absolute atomic E-state index is 5.68. The molecule has 0 fully saturated rings. The lowest BCUT2D eigenvalue weighted by molar-refractivity contribution is 0.0122. The van der Waals surface area contributed by atoms with Crippen molar-refractivity contribution in [3.63, 3.8) is 0 Å². The molecule has 0 saturated carbocycles. The molecule has 0 aliphatic carbocycles. The molecule has 0 bridgehead atoms. The highest BCUT2D eigenvalue weighted by Crippen LogP contribution is 2.29. The number of aliphatic imine (C=N–C) groups is 1. The van der Waals surface area contributed by atoms with E-state index >= 15 is 0 Å². The van der Waals surface area contributed by atoms with Crippen molar-refractivity contribution in [2.45, 2.75) is 26.2 Å². The van der Waals surface area contributed by atoms with Crippen molar-refractivity contribution in [3.05, 3.63) is 29.8 Å². The van der Waals surface area contributed by atoms with Gasteiger partial charge in [0.2, 0.25) is 0 Å². The standard InChI is InChI=1S/C11H14N2O/c1-8(2)14-11-9-5-3-4-6-10(9)12-7-13-11/h3-8,11H,1-2H3,(H,12,13). The SMILES string of the molecule is CC(C)OC1N=CNc2ccccc21. The van der Waals surface area contributed by atoms with Gasteiger partial charge in [-0.05, 0) is 19.9 Å². The summed E-state index contributed by atoms with van der Waals surface area (Å²) in [6, 6.07) is 8.05. The summed E-state index contributed by atoms with van der Waals surface area (Å²) in [7, 11) is 0. The van der Waals surface area contributed by atoms with Gasteiger partial charge in [-0.2, -0.15) is 0 Å². The van der Waals surface area contributed by atoms with Gasteiger partial charge in [-0.1, -0.05) is 18.2 Å². The van der Waals surface area contributed by atoms with E-state index in [9.17, 15) is 0 Å². The molecule has 2 rings (SSSR count). The average molecular weight is 190 g/mol. The predicted molar refractivity (Wildman–Crippen MR) is 57.5 cm³/mol. The van der Waals surface area contributed by atoms with Gasteiger partial charge >= 0.3 is 0 Å². The quantitative estimate of drug-likeness (QED) is 0.777. The van der Waals surface area contributed by atoms with Crippen LogP contribution in [0, 0.1) is 0 Å². The van der Waals surface area contributed by atoms with E-state index in [2.05, 4.69) is 10.3 Å². The fourth-order valence-electron chi connectivity index (χ4n) is 1.46. The molecule has 3 heteroatoms.